The van der Waals surface area contributed by atoms with Crippen LogP contribution in [0.1, 0.15) is 28.9 Å². The maximum Gasteiger partial charge on any atom is 0.272 e. The minimum absolute atomic E-state index is 0.0535. The van der Waals surface area contributed by atoms with Gasteiger partial charge in [0.2, 0.25) is 0 Å². The highest BCUT2D eigenvalue weighted by molar-refractivity contribution is 7.27. The van der Waals surface area contributed by atoms with E-state index >= 15 is 0 Å². The summed E-state index contributed by atoms with van der Waals surface area (Å²) in [5, 5.41) is 1.64. The molecular weight excluding hydrogens is 407 g/mol. The van der Waals surface area contributed by atoms with E-state index in [2.05, 4.69) is 14.2 Å². The Kier molecular flexibility index (Phi) is 5.88. The number of pyridine rings is 1. The van der Waals surface area contributed by atoms with Gasteiger partial charge in [-0.25, -0.2) is 4.98 Å². The predicted molar refractivity (Wildman–Crippen MR) is 119 cm³/mol. The normalized spacial score (nSPS) is 15.0. The minimum atomic E-state index is -0.0535. The van der Waals surface area contributed by atoms with E-state index in [4.69, 9.17) is 22.1 Å². The van der Waals surface area contributed by atoms with Crippen molar-refractivity contribution in [1.82, 2.24) is 14.3 Å². The molecule has 0 spiro atoms. The zero-order valence-corrected chi connectivity index (χ0v) is 18.2. The molecule has 1 aliphatic rings. The number of fused-ring (bicyclic) bond motifs is 1. The molecule has 8 heteroatoms. The number of rotatable bonds is 4. The Labute approximate surface area is 177 Å². The van der Waals surface area contributed by atoms with Gasteiger partial charge in [0.1, 0.15) is 11.3 Å². The van der Waals surface area contributed by atoms with E-state index in [-0.39, 0.29) is 11.9 Å². The molecule has 0 radical (unpaired) electrons. The van der Waals surface area contributed by atoms with E-state index in [1.54, 1.807) is 11.1 Å². The van der Waals surface area contributed by atoms with Crippen LogP contribution in [0.25, 0.3) is 16.8 Å². The average Bonchev–Trinajstić information content (AvgIpc) is 3.15. The van der Waals surface area contributed by atoms with Gasteiger partial charge in [0.15, 0.2) is 0 Å². The lowest BCUT2D eigenvalue weighted by Gasteiger charge is -2.31. The van der Waals surface area contributed by atoms with Gasteiger partial charge in [-0.05, 0) is 35.8 Å². The van der Waals surface area contributed by atoms with Crippen molar-refractivity contribution in [3.8, 4) is 11.1 Å². The van der Waals surface area contributed by atoms with E-state index in [1.165, 1.54) is 0 Å². The maximum absolute atomic E-state index is 13.2. The summed E-state index contributed by atoms with van der Waals surface area (Å²) >= 11 is 6.51. The number of nitrogens with zero attached hydrogens (tertiary/aromatic N) is 3. The number of aromatic nitrogens is 2. The Morgan fingerprint density at radius 3 is 2.79 bits per heavy atom. The molecule has 1 aliphatic heterocycles. The molecule has 3 aromatic rings. The fraction of sp³-hybridized carbons (Fsp3) is 0.333. The van der Waals surface area contributed by atoms with Gasteiger partial charge in [0.05, 0.1) is 6.20 Å². The monoisotopic (exact) mass is 430 g/mol. The Balaban J connectivity index is 1.78. The highest BCUT2D eigenvalue weighted by Gasteiger charge is 2.26. The fourth-order valence-electron chi connectivity index (χ4n) is 3.80. The first-order valence-electron chi connectivity index (χ1n) is 9.60. The zero-order valence-electron chi connectivity index (χ0n) is 16.3. The molecule has 1 saturated heterocycles. The minimum Gasteiger partial charge on any atom is -0.381 e. The molecule has 1 unspecified atom stereocenters. The summed E-state index contributed by atoms with van der Waals surface area (Å²) in [5.74, 6) is -0.0535. The highest BCUT2D eigenvalue weighted by Crippen LogP contribution is 2.31. The van der Waals surface area contributed by atoms with Crippen LogP contribution in [-0.2, 0) is 11.3 Å². The van der Waals surface area contributed by atoms with Gasteiger partial charge in [-0.2, -0.15) is 0 Å². The van der Waals surface area contributed by atoms with Crippen LogP contribution in [0.2, 0.25) is 5.02 Å². The Bertz CT molecular complexity index is 1060. The predicted octanol–water partition coefficient (Wildman–Crippen LogP) is 2.86. The van der Waals surface area contributed by atoms with Gasteiger partial charge in [-0.1, -0.05) is 23.7 Å². The third kappa shape index (κ3) is 3.90. The van der Waals surface area contributed by atoms with Crippen LogP contribution >= 0.6 is 20.8 Å². The van der Waals surface area contributed by atoms with E-state index < -0.39 is 0 Å². The van der Waals surface area contributed by atoms with Gasteiger partial charge in [-0.15, -0.1) is 9.24 Å². The number of carbonyl (C=O) groups is 1. The number of nitrogens with two attached hydrogens (primary N) is 1. The van der Waals surface area contributed by atoms with Crippen LogP contribution in [0.15, 0.2) is 36.7 Å². The Morgan fingerprint density at radius 1 is 1.34 bits per heavy atom. The number of halogens is 1. The molecule has 29 heavy (non-hydrogen) atoms. The van der Waals surface area contributed by atoms with Crippen molar-refractivity contribution in [3.05, 3.63) is 52.9 Å². The summed E-state index contributed by atoms with van der Waals surface area (Å²) in [6, 6.07) is 7.94. The number of imidazole rings is 1. The molecule has 1 aromatic carbocycles. The average molecular weight is 431 g/mol. The van der Waals surface area contributed by atoms with Crippen molar-refractivity contribution in [3.63, 3.8) is 0 Å². The molecule has 0 saturated carbocycles. The van der Waals surface area contributed by atoms with E-state index in [9.17, 15) is 4.79 Å². The van der Waals surface area contributed by atoms with E-state index in [1.807, 2.05) is 41.9 Å². The summed E-state index contributed by atoms with van der Waals surface area (Å²) in [4.78, 5) is 19.5. The second-order valence-corrected chi connectivity index (χ2v) is 8.36. The summed E-state index contributed by atoms with van der Waals surface area (Å²) in [6.07, 6.45) is 5.24. The molecule has 1 amide bonds. The van der Waals surface area contributed by atoms with E-state index in [0.717, 1.165) is 34.8 Å². The van der Waals surface area contributed by atoms with Crippen LogP contribution in [0, 0.1) is 0 Å². The molecule has 4 rings (SSSR count). The van der Waals surface area contributed by atoms with Crippen LogP contribution in [0.5, 0.6) is 0 Å². The molecule has 2 aromatic heterocycles. The first kappa shape index (κ1) is 20.3. The van der Waals surface area contributed by atoms with Crippen LogP contribution in [0.4, 0.5) is 0 Å². The number of amides is 1. The summed E-state index contributed by atoms with van der Waals surface area (Å²) in [6.45, 7) is 1.72. The Morgan fingerprint density at radius 2 is 2.10 bits per heavy atom. The maximum atomic E-state index is 13.2. The quantitative estimate of drug-likeness (QED) is 0.646. The lowest BCUT2D eigenvalue weighted by molar-refractivity contribution is 0.0358. The largest absolute Gasteiger partial charge is 0.381 e. The Hall–Kier alpha value is -1.98. The number of hydrogen-bond donors (Lipinski definition) is 1. The molecule has 2 N–H and O–H groups in total. The van der Waals surface area contributed by atoms with Crippen molar-refractivity contribution in [1.29, 1.82) is 0 Å². The summed E-state index contributed by atoms with van der Waals surface area (Å²) in [5.41, 5.74) is 9.92. The molecule has 152 valence electrons. The topological polar surface area (TPSA) is 72.9 Å². The molecule has 3 heterocycles. The number of ether oxygens (including phenoxy) is 1. The van der Waals surface area contributed by atoms with Crippen molar-refractivity contribution < 1.29 is 9.53 Å². The van der Waals surface area contributed by atoms with Crippen LogP contribution < -0.4 is 11.0 Å². The number of hydrogen-bond acceptors (Lipinski definition) is 4. The second-order valence-electron chi connectivity index (χ2n) is 7.29. The molecule has 0 bridgehead atoms. The smallest absolute Gasteiger partial charge is 0.272 e. The van der Waals surface area contributed by atoms with Crippen molar-refractivity contribution in [2.24, 2.45) is 5.73 Å². The number of carbonyl (C=O) groups excluding carboxylic acids is 1. The molecule has 1 atom stereocenters. The van der Waals surface area contributed by atoms with Crippen molar-refractivity contribution in [2.75, 3.05) is 20.3 Å². The molecule has 1 fully saturated rings. The lowest BCUT2D eigenvalue weighted by Crippen LogP contribution is -2.41. The first-order valence-corrected chi connectivity index (χ1v) is 10.6. The van der Waals surface area contributed by atoms with Crippen molar-refractivity contribution in [2.45, 2.75) is 25.4 Å². The van der Waals surface area contributed by atoms with Gasteiger partial charge >= 0.3 is 0 Å². The molecular formula is C21H24ClN4O2P. The fourth-order valence-corrected chi connectivity index (χ4v) is 4.46. The van der Waals surface area contributed by atoms with Gasteiger partial charge in [-0.3, -0.25) is 9.20 Å². The third-order valence-corrected chi connectivity index (χ3v) is 6.19. The zero-order chi connectivity index (χ0) is 20.5. The molecule has 6 nitrogen and oxygen atoms in total. The van der Waals surface area contributed by atoms with Crippen LogP contribution in [0.3, 0.4) is 0 Å². The SMILES string of the molecule is CN(C(=O)c1cnc2cc(CN)c(-c3ccc(P)cc3Cl)cn12)C1CCOCC1. The standard InChI is InChI=1S/C21H24ClN4O2P/c1-25(14-4-6-28-7-5-14)21(27)19-11-24-20-8-13(10-23)17(12-26(19)20)16-3-2-15(29)9-18(16)22/h2-3,8-9,11-12,14H,4-7,10,23,29H2,1H3. The summed E-state index contributed by atoms with van der Waals surface area (Å²) in [7, 11) is 4.49. The van der Waals surface area contributed by atoms with Gasteiger partial charge in [0.25, 0.3) is 5.91 Å². The summed E-state index contributed by atoms with van der Waals surface area (Å²) < 4.78 is 7.25. The second kappa shape index (κ2) is 8.41. The number of benzene rings is 1. The highest BCUT2D eigenvalue weighted by atomic mass is 35.5. The first-order chi connectivity index (χ1) is 14.0. The lowest BCUT2D eigenvalue weighted by atomic mass is 10.0. The van der Waals surface area contributed by atoms with Gasteiger partial charge in [0, 0.05) is 55.2 Å². The third-order valence-electron chi connectivity index (χ3n) is 5.51. The van der Waals surface area contributed by atoms with E-state index in [0.29, 0.717) is 36.1 Å². The van der Waals surface area contributed by atoms with Crippen molar-refractivity contribution >= 4 is 37.7 Å². The van der Waals surface area contributed by atoms with Crippen LogP contribution in [-0.4, -0.2) is 46.5 Å². The molecule has 0 aliphatic carbocycles. The van der Waals surface area contributed by atoms with Gasteiger partial charge < -0.3 is 15.4 Å².